The number of hydrogen-bond donors (Lipinski definition) is 8. The summed E-state index contributed by atoms with van der Waals surface area (Å²) < 4.78 is 0. The predicted octanol–water partition coefficient (Wildman–Crippen LogP) is 8.14. The average molecular weight is 641 g/mol. The van der Waals surface area contributed by atoms with Crippen LogP contribution in [0.4, 0.5) is 22.7 Å². The largest absolute Gasteiger partial charge is 0.291 e. The van der Waals surface area contributed by atoms with Crippen molar-refractivity contribution in [3.05, 3.63) is 146 Å². The normalized spacial score (nSPS) is 10.1. The van der Waals surface area contributed by atoms with Crippen LogP contribution in [0.15, 0.2) is 146 Å². The van der Waals surface area contributed by atoms with Crippen LogP contribution in [0.3, 0.4) is 0 Å². The van der Waals surface area contributed by atoms with Crippen molar-refractivity contribution in [1.82, 2.24) is 19.9 Å². The van der Waals surface area contributed by atoms with E-state index in [1.54, 1.807) is 49.1 Å². The summed E-state index contributed by atoms with van der Waals surface area (Å²) in [6.45, 7) is 0. The van der Waals surface area contributed by atoms with Crippen molar-refractivity contribution in [1.29, 1.82) is 0 Å². The standard InChI is InChI=1S/4C9H8N2O/c4*12-11-8-3-4-9-7(6-8)2-1-5-10-9/h4*1-6,11-12H. The van der Waals surface area contributed by atoms with E-state index in [4.69, 9.17) is 20.8 Å². The van der Waals surface area contributed by atoms with Gasteiger partial charge in [-0.25, -0.2) is 0 Å². The van der Waals surface area contributed by atoms with E-state index in [-0.39, 0.29) is 0 Å². The van der Waals surface area contributed by atoms with E-state index in [9.17, 15) is 0 Å². The minimum absolute atomic E-state index is 0.676. The third-order valence-corrected chi connectivity index (χ3v) is 6.93. The highest BCUT2D eigenvalue weighted by Crippen LogP contribution is 2.18. The van der Waals surface area contributed by atoms with Gasteiger partial charge in [0.1, 0.15) is 0 Å². The van der Waals surface area contributed by atoms with Crippen molar-refractivity contribution in [3.8, 4) is 0 Å². The second-order valence-electron chi connectivity index (χ2n) is 10.1. The number of rotatable bonds is 4. The van der Waals surface area contributed by atoms with Crippen molar-refractivity contribution >= 4 is 66.4 Å². The molecule has 0 atom stereocenters. The fraction of sp³-hybridized carbons (Fsp3) is 0. The molecule has 4 heterocycles. The number of benzene rings is 4. The van der Waals surface area contributed by atoms with Gasteiger partial charge in [0.05, 0.1) is 44.8 Å². The Balaban J connectivity index is 0.000000125. The van der Waals surface area contributed by atoms with Gasteiger partial charge < -0.3 is 0 Å². The number of nitrogens with zero attached hydrogens (tertiary/aromatic N) is 4. The molecule has 0 saturated carbocycles. The van der Waals surface area contributed by atoms with Crippen molar-refractivity contribution in [2.24, 2.45) is 0 Å². The molecular formula is C36H32N8O4. The van der Waals surface area contributed by atoms with Gasteiger partial charge in [-0.2, -0.15) is 0 Å². The zero-order chi connectivity index (χ0) is 33.6. The fourth-order valence-corrected chi connectivity index (χ4v) is 4.58. The molecule has 0 saturated heterocycles. The zero-order valence-electron chi connectivity index (χ0n) is 25.4. The van der Waals surface area contributed by atoms with Crippen LogP contribution in [0, 0.1) is 0 Å². The molecule has 12 heteroatoms. The molecule has 4 aromatic heterocycles. The van der Waals surface area contributed by atoms with Crippen LogP contribution in [0.2, 0.25) is 0 Å². The Hall–Kier alpha value is -6.44. The maximum atomic E-state index is 8.63. The van der Waals surface area contributed by atoms with E-state index >= 15 is 0 Å². The molecule has 0 bridgehead atoms. The summed E-state index contributed by atoms with van der Waals surface area (Å²) in [5.41, 5.74) is 14.8. The summed E-state index contributed by atoms with van der Waals surface area (Å²) in [7, 11) is 0. The summed E-state index contributed by atoms with van der Waals surface area (Å²) >= 11 is 0. The minimum Gasteiger partial charge on any atom is -0.291 e. The Labute approximate surface area is 274 Å². The molecule has 48 heavy (non-hydrogen) atoms. The molecular weight excluding hydrogens is 608 g/mol. The molecule has 0 aliphatic rings. The molecule has 8 aromatic rings. The van der Waals surface area contributed by atoms with Crippen LogP contribution in [0.25, 0.3) is 43.6 Å². The number of fused-ring (bicyclic) bond motifs is 4. The molecule has 0 aliphatic heterocycles. The minimum atomic E-state index is 0.676. The lowest BCUT2D eigenvalue weighted by atomic mass is 10.2. The average Bonchev–Trinajstić information content (AvgIpc) is 3.17. The Morgan fingerprint density at radius 2 is 0.542 bits per heavy atom. The third-order valence-electron chi connectivity index (χ3n) is 6.93. The van der Waals surface area contributed by atoms with E-state index in [0.717, 1.165) is 43.6 Å². The number of pyridine rings is 4. The summed E-state index contributed by atoms with van der Waals surface area (Å²) in [5.74, 6) is 0. The van der Waals surface area contributed by atoms with Crippen molar-refractivity contribution < 1.29 is 20.8 Å². The van der Waals surface area contributed by atoms with Crippen LogP contribution in [0.5, 0.6) is 0 Å². The van der Waals surface area contributed by atoms with E-state index in [2.05, 4.69) is 41.9 Å². The van der Waals surface area contributed by atoms with Gasteiger partial charge in [-0.1, -0.05) is 24.3 Å². The lowest BCUT2D eigenvalue weighted by Crippen LogP contribution is -1.88. The van der Waals surface area contributed by atoms with Gasteiger partial charge in [-0.05, 0) is 97.1 Å². The first-order valence-electron chi connectivity index (χ1n) is 14.6. The van der Waals surface area contributed by atoms with E-state index in [0.29, 0.717) is 22.7 Å². The molecule has 4 aromatic carbocycles. The second kappa shape index (κ2) is 16.7. The zero-order valence-corrected chi connectivity index (χ0v) is 25.4. The Morgan fingerprint density at radius 1 is 0.312 bits per heavy atom. The quantitative estimate of drug-likeness (QED) is 0.0866. The van der Waals surface area contributed by atoms with Crippen LogP contribution in [-0.4, -0.2) is 40.8 Å². The van der Waals surface area contributed by atoms with Gasteiger partial charge in [0.25, 0.3) is 0 Å². The number of nitrogens with one attached hydrogen (secondary N) is 4. The molecule has 0 amide bonds. The second-order valence-corrected chi connectivity index (χ2v) is 10.1. The number of aromatic nitrogens is 4. The molecule has 12 nitrogen and oxygen atoms in total. The van der Waals surface area contributed by atoms with Crippen molar-refractivity contribution in [2.75, 3.05) is 21.9 Å². The van der Waals surface area contributed by atoms with Gasteiger partial charge in [0.2, 0.25) is 0 Å². The Kier molecular flexibility index (Phi) is 11.5. The lowest BCUT2D eigenvalue weighted by Gasteiger charge is -1.99. The van der Waals surface area contributed by atoms with Crippen molar-refractivity contribution in [3.63, 3.8) is 0 Å². The van der Waals surface area contributed by atoms with Crippen LogP contribution < -0.4 is 21.9 Å². The summed E-state index contributed by atoms with van der Waals surface area (Å²) in [6.07, 6.45) is 6.98. The SMILES string of the molecule is ONc1ccc2ncccc2c1.ONc1ccc2ncccc2c1.ONc1ccc2ncccc2c1.ONc1ccc2ncccc2c1. The fourth-order valence-electron chi connectivity index (χ4n) is 4.58. The molecule has 0 spiro atoms. The predicted molar refractivity (Wildman–Crippen MR) is 189 cm³/mol. The topological polar surface area (TPSA) is 181 Å². The van der Waals surface area contributed by atoms with Gasteiger partial charge in [-0.3, -0.25) is 62.7 Å². The van der Waals surface area contributed by atoms with Gasteiger partial charge >= 0.3 is 0 Å². The first-order valence-corrected chi connectivity index (χ1v) is 14.6. The first-order chi connectivity index (χ1) is 23.6. The molecule has 0 fully saturated rings. The Bertz CT molecular complexity index is 1920. The maximum Gasteiger partial charge on any atom is 0.0703 e. The lowest BCUT2D eigenvalue weighted by molar-refractivity contribution is 0.388. The van der Waals surface area contributed by atoms with E-state index in [1.807, 2.05) is 97.1 Å². The molecule has 0 unspecified atom stereocenters. The summed E-state index contributed by atoms with van der Waals surface area (Å²) in [4.78, 5) is 16.6. The van der Waals surface area contributed by atoms with E-state index in [1.165, 1.54) is 0 Å². The highest BCUT2D eigenvalue weighted by atomic mass is 16.5. The number of hydrogen-bond acceptors (Lipinski definition) is 12. The Morgan fingerprint density at radius 3 is 0.750 bits per heavy atom. The summed E-state index contributed by atoms with van der Waals surface area (Å²) in [6, 6.07) is 37.1. The highest BCUT2D eigenvalue weighted by molar-refractivity contribution is 5.84. The molecule has 0 aliphatic carbocycles. The highest BCUT2D eigenvalue weighted by Gasteiger charge is 1.96. The maximum absolute atomic E-state index is 8.63. The molecule has 8 rings (SSSR count). The number of anilines is 4. The van der Waals surface area contributed by atoms with E-state index < -0.39 is 0 Å². The van der Waals surface area contributed by atoms with Crippen LogP contribution >= 0.6 is 0 Å². The monoisotopic (exact) mass is 640 g/mol. The van der Waals surface area contributed by atoms with Gasteiger partial charge in [0, 0.05) is 46.3 Å². The van der Waals surface area contributed by atoms with Gasteiger partial charge in [0.15, 0.2) is 0 Å². The molecule has 240 valence electrons. The first kappa shape index (κ1) is 32.9. The third kappa shape index (κ3) is 8.84. The summed E-state index contributed by atoms with van der Waals surface area (Å²) in [5, 5.41) is 38.5. The van der Waals surface area contributed by atoms with Crippen LogP contribution in [0.1, 0.15) is 0 Å². The molecule has 8 N–H and O–H groups in total. The smallest absolute Gasteiger partial charge is 0.0703 e. The van der Waals surface area contributed by atoms with Gasteiger partial charge in [-0.15, -0.1) is 0 Å². The van der Waals surface area contributed by atoms with Crippen LogP contribution in [-0.2, 0) is 0 Å². The molecule has 0 radical (unpaired) electrons. The van der Waals surface area contributed by atoms with Crippen molar-refractivity contribution in [2.45, 2.75) is 0 Å².